The zero-order valence-corrected chi connectivity index (χ0v) is 11.4. The van der Waals surface area contributed by atoms with Gasteiger partial charge in [0.1, 0.15) is 5.75 Å². The molecule has 98 valence electrons. The van der Waals surface area contributed by atoms with Crippen molar-refractivity contribution in [1.82, 2.24) is 0 Å². The molecule has 0 atom stereocenters. The number of phenolic OH excluding ortho intramolecular Hbond substituents is 1. The van der Waals surface area contributed by atoms with Gasteiger partial charge in [-0.05, 0) is 28.1 Å². The standard InChI is InChI=1S/C13H11BrN2O3/c14-11-7-10(16(18)19)5-6-12(11)15-8-9-3-1-2-4-13(9)17/h1-7,15,17H,8H2. The number of benzene rings is 2. The summed E-state index contributed by atoms with van der Waals surface area (Å²) in [6.07, 6.45) is 0. The molecule has 0 amide bonds. The predicted molar refractivity (Wildman–Crippen MR) is 76.2 cm³/mol. The quantitative estimate of drug-likeness (QED) is 0.665. The third-order valence-corrected chi connectivity index (χ3v) is 3.28. The molecule has 0 aliphatic carbocycles. The number of nitrogens with zero attached hydrogens (tertiary/aromatic N) is 1. The van der Waals surface area contributed by atoms with Crippen LogP contribution < -0.4 is 5.32 Å². The highest BCUT2D eigenvalue weighted by Crippen LogP contribution is 2.28. The third kappa shape index (κ3) is 3.23. The van der Waals surface area contributed by atoms with E-state index in [0.717, 1.165) is 11.3 Å². The summed E-state index contributed by atoms with van der Waals surface area (Å²) in [4.78, 5) is 10.2. The SMILES string of the molecule is O=[N+]([O-])c1ccc(NCc2ccccc2O)c(Br)c1. The molecule has 6 heteroatoms. The zero-order chi connectivity index (χ0) is 13.8. The van der Waals surface area contributed by atoms with E-state index in [1.165, 1.54) is 12.1 Å². The molecule has 0 aliphatic rings. The van der Waals surface area contributed by atoms with Crippen LogP contribution in [-0.4, -0.2) is 10.0 Å². The Morgan fingerprint density at radius 3 is 2.63 bits per heavy atom. The molecule has 0 aromatic heterocycles. The monoisotopic (exact) mass is 322 g/mol. The fourth-order valence-corrected chi connectivity index (χ4v) is 2.12. The first-order chi connectivity index (χ1) is 9.08. The molecule has 0 aliphatic heterocycles. The van der Waals surface area contributed by atoms with Gasteiger partial charge in [-0.3, -0.25) is 10.1 Å². The van der Waals surface area contributed by atoms with Gasteiger partial charge in [-0.25, -0.2) is 0 Å². The second-order valence-electron chi connectivity index (χ2n) is 3.90. The van der Waals surface area contributed by atoms with Crippen molar-refractivity contribution in [2.24, 2.45) is 0 Å². The molecule has 19 heavy (non-hydrogen) atoms. The zero-order valence-electron chi connectivity index (χ0n) is 9.84. The van der Waals surface area contributed by atoms with E-state index in [1.54, 1.807) is 18.2 Å². The van der Waals surface area contributed by atoms with Crippen molar-refractivity contribution in [2.75, 3.05) is 5.32 Å². The Labute approximate surface area is 118 Å². The van der Waals surface area contributed by atoms with Crippen LogP contribution in [-0.2, 0) is 6.54 Å². The Hall–Kier alpha value is -2.08. The maximum absolute atomic E-state index is 10.6. The largest absolute Gasteiger partial charge is 0.508 e. The number of phenols is 1. The smallest absolute Gasteiger partial charge is 0.270 e. The molecule has 0 spiro atoms. The van der Waals surface area contributed by atoms with Gasteiger partial charge in [-0.15, -0.1) is 0 Å². The van der Waals surface area contributed by atoms with Crippen LogP contribution in [0.3, 0.4) is 0 Å². The highest BCUT2D eigenvalue weighted by molar-refractivity contribution is 9.10. The lowest BCUT2D eigenvalue weighted by atomic mass is 10.2. The second-order valence-corrected chi connectivity index (χ2v) is 4.76. The lowest BCUT2D eigenvalue weighted by Crippen LogP contribution is -2.00. The Morgan fingerprint density at radius 1 is 1.26 bits per heavy atom. The van der Waals surface area contributed by atoms with Crippen LogP contribution in [0, 0.1) is 10.1 Å². The van der Waals surface area contributed by atoms with E-state index in [0.29, 0.717) is 11.0 Å². The van der Waals surface area contributed by atoms with Crippen LogP contribution in [0.5, 0.6) is 5.75 Å². The lowest BCUT2D eigenvalue weighted by Gasteiger charge is -2.09. The van der Waals surface area contributed by atoms with Crippen molar-refractivity contribution in [2.45, 2.75) is 6.54 Å². The number of halogens is 1. The average Bonchev–Trinajstić information content (AvgIpc) is 2.39. The van der Waals surface area contributed by atoms with Crippen molar-refractivity contribution in [3.8, 4) is 5.75 Å². The van der Waals surface area contributed by atoms with E-state index in [-0.39, 0.29) is 11.4 Å². The number of rotatable bonds is 4. The maximum atomic E-state index is 10.6. The van der Waals surface area contributed by atoms with E-state index in [1.807, 2.05) is 12.1 Å². The summed E-state index contributed by atoms with van der Waals surface area (Å²) in [7, 11) is 0. The second kappa shape index (κ2) is 5.71. The molecule has 2 N–H and O–H groups in total. The van der Waals surface area contributed by atoms with Gasteiger partial charge in [0, 0.05) is 34.4 Å². The molecule has 0 saturated carbocycles. The summed E-state index contributed by atoms with van der Waals surface area (Å²) in [6, 6.07) is 11.5. The lowest BCUT2D eigenvalue weighted by molar-refractivity contribution is -0.384. The van der Waals surface area contributed by atoms with Gasteiger partial charge in [-0.2, -0.15) is 0 Å². The van der Waals surface area contributed by atoms with Crippen LogP contribution >= 0.6 is 15.9 Å². The van der Waals surface area contributed by atoms with Gasteiger partial charge in [0.2, 0.25) is 0 Å². The van der Waals surface area contributed by atoms with E-state index >= 15 is 0 Å². The van der Waals surface area contributed by atoms with E-state index < -0.39 is 4.92 Å². The number of nitro groups is 1. The molecule has 5 nitrogen and oxygen atoms in total. The molecular weight excluding hydrogens is 312 g/mol. The van der Waals surface area contributed by atoms with Crippen molar-refractivity contribution >= 4 is 27.3 Å². The van der Waals surface area contributed by atoms with Crippen molar-refractivity contribution < 1.29 is 10.0 Å². The number of hydrogen-bond acceptors (Lipinski definition) is 4. The van der Waals surface area contributed by atoms with Crippen LogP contribution in [0.25, 0.3) is 0 Å². The minimum absolute atomic E-state index is 0.0278. The molecule has 0 unspecified atom stereocenters. The molecule has 0 bridgehead atoms. The van der Waals surface area contributed by atoms with Crippen LogP contribution in [0.4, 0.5) is 11.4 Å². The summed E-state index contributed by atoms with van der Waals surface area (Å²) in [5, 5.41) is 23.4. The molecule has 2 aromatic carbocycles. The van der Waals surface area contributed by atoms with Crippen LogP contribution in [0.1, 0.15) is 5.56 Å². The number of nitrogens with one attached hydrogen (secondary N) is 1. The molecular formula is C13H11BrN2O3. The highest BCUT2D eigenvalue weighted by Gasteiger charge is 2.09. The van der Waals surface area contributed by atoms with Gasteiger partial charge >= 0.3 is 0 Å². The Kier molecular flexibility index (Phi) is 4.01. The van der Waals surface area contributed by atoms with Gasteiger partial charge in [0.25, 0.3) is 5.69 Å². The number of hydrogen-bond donors (Lipinski definition) is 2. The minimum atomic E-state index is -0.447. The van der Waals surface area contributed by atoms with Crippen LogP contribution in [0.2, 0.25) is 0 Å². The van der Waals surface area contributed by atoms with Crippen LogP contribution in [0.15, 0.2) is 46.9 Å². The van der Waals surface area contributed by atoms with E-state index in [2.05, 4.69) is 21.2 Å². The molecule has 2 rings (SSSR count). The maximum Gasteiger partial charge on any atom is 0.270 e. The van der Waals surface area contributed by atoms with Gasteiger partial charge < -0.3 is 10.4 Å². The number of nitro benzene ring substituents is 1. The third-order valence-electron chi connectivity index (χ3n) is 2.62. The summed E-state index contributed by atoms with van der Waals surface area (Å²) in [6.45, 7) is 0.434. The number of anilines is 1. The van der Waals surface area contributed by atoms with Crippen molar-refractivity contribution in [3.05, 3.63) is 62.6 Å². The minimum Gasteiger partial charge on any atom is -0.508 e. The Balaban J connectivity index is 2.12. The fraction of sp³-hybridized carbons (Fsp3) is 0.0769. The first kappa shape index (κ1) is 13.4. The summed E-state index contributed by atoms with van der Waals surface area (Å²) in [5.74, 6) is 0.216. The van der Waals surface area contributed by atoms with E-state index in [9.17, 15) is 15.2 Å². The van der Waals surface area contributed by atoms with E-state index in [4.69, 9.17) is 0 Å². The van der Waals surface area contributed by atoms with Gasteiger partial charge in [-0.1, -0.05) is 18.2 Å². The highest BCUT2D eigenvalue weighted by atomic mass is 79.9. The average molecular weight is 323 g/mol. The molecule has 0 saturated heterocycles. The fourth-order valence-electron chi connectivity index (χ4n) is 1.61. The summed E-state index contributed by atoms with van der Waals surface area (Å²) in [5.41, 5.74) is 1.52. The first-order valence-corrected chi connectivity index (χ1v) is 6.32. The molecule has 0 radical (unpaired) electrons. The predicted octanol–water partition coefficient (Wildman–Crippen LogP) is 3.68. The Bertz CT molecular complexity index is 617. The first-order valence-electron chi connectivity index (χ1n) is 5.52. The topological polar surface area (TPSA) is 75.4 Å². The molecule has 0 fully saturated rings. The number of para-hydroxylation sites is 1. The van der Waals surface area contributed by atoms with Crippen molar-refractivity contribution in [1.29, 1.82) is 0 Å². The molecule has 0 heterocycles. The molecule has 2 aromatic rings. The summed E-state index contributed by atoms with van der Waals surface area (Å²) < 4.78 is 0.608. The normalized spacial score (nSPS) is 10.2. The van der Waals surface area contributed by atoms with Gasteiger partial charge in [0.05, 0.1) is 4.92 Å². The Morgan fingerprint density at radius 2 is 2.00 bits per heavy atom. The summed E-state index contributed by atoms with van der Waals surface area (Å²) >= 11 is 3.28. The van der Waals surface area contributed by atoms with Crippen molar-refractivity contribution in [3.63, 3.8) is 0 Å². The van der Waals surface area contributed by atoms with Gasteiger partial charge in [0.15, 0.2) is 0 Å². The number of aromatic hydroxyl groups is 1. The number of non-ortho nitro benzene ring substituents is 1.